The number of aliphatic imine (C=N–C) groups is 1. The van der Waals surface area contributed by atoms with Crippen LogP contribution in [0.15, 0.2) is 29.3 Å². The van der Waals surface area contributed by atoms with Crippen LogP contribution in [0.4, 0.5) is 0 Å². The number of sulfone groups is 1. The van der Waals surface area contributed by atoms with Gasteiger partial charge in [0.2, 0.25) is 0 Å². The van der Waals surface area contributed by atoms with Gasteiger partial charge >= 0.3 is 0 Å². The molecule has 0 aliphatic carbocycles. The van der Waals surface area contributed by atoms with Gasteiger partial charge in [0.1, 0.15) is 11.9 Å². The van der Waals surface area contributed by atoms with Crippen molar-refractivity contribution in [3.63, 3.8) is 0 Å². The van der Waals surface area contributed by atoms with Gasteiger partial charge in [0.15, 0.2) is 15.8 Å². The fraction of sp³-hybridized carbons (Fsp3) is 0.533. The van der Waals surface area contributed by atoms with E-state index in [4.69, 9.17) is 4.74 Å². The summed E-state index contributed by atoms with van der Waals surface area (Å²) in [5.74, 6) is 2.00. The second kappa shape index (κ2) is 7.69. The Morgan fingerprint density at radius 1 is 1.39 bits per heavy atom. The van der Waals surface area contributed by atoms with Crippen molar-refractivity contribution in [3.8, 4) is 5.75 Å². The molecule has 0 spiro atoms. The fourth-order valence-corrected chi connectivity index (χ4v) is 4.55. The van der Waals surface area contributed by atoms with Gasteiger partial charge < -0.3 is 15.4 Å². The van der Waals surface area contributed by atoms with Crippen molar-refractivity contribution >= 4 is 39.8 Å². The molecular formula is C15H22IN3O3S. The van der Waals surface area contributed by atoms with E-state index in [1.165, 1.54) is 5.56 Å². The predicted molar refractivity (Wildman–Crippen MR) is 102 cm³/mol. The second-order valence-corrected chi connectivity index (χ2v) is 7.98. The predicted octanol–water partition coefficient (Wildman–Crippen LogP) is 0.960. The highest BCUT2D eigenvalue weighted by atomic mass is 127. The van der Waals surface area contributed by atoms with Crippen molar-refractivity contribution in [2.24, 2.45) is 4.99 Å². The third-order valence-electron chi connectivity index (χ3n) is 4.01. The molecule has 2 heterocycles. The Bertz CT molecular complexity index is 653. The highest BCUT2D eigenvalue weighted by molar-refractivity contribution is 14.0. The summed E-state index contributed by atoms with van der Waals surface area (Å²) in [6.07, 6.45) is 1.58. The molecule has 1 aromatic rings. The number of hydrogen-bond acceptors (Lipinski definition) is 4. The van der Waals surface area contributed by atoms with Gasteiger partial charge in [-0.25, -0.2) is 8.42 Å². The lowest BCUT2D eigenvalue weighted by Crippen LogP contribution is -2.46. The highest BCUT2D eigenvalue weighted by Crippen LogP contribution is 2.27. The van der Waals surface area contributed by atoms with Crippen LogP contribution in [-0.2, 0) is 16.3 Å². The van der Waals surface area contributed by atoms with E-state index < -0.39 is 9.84 Å². The van der Waals surface area contributed by atoms with E-state index in [0.717, 1.165) is 12.2 Å². The molecule has 2 unspecified atom stereocenters. The van der Waals surface area contributed by atoms with E-state index in [-0.39, 0.29) is 47.6 Å². The standard InChI is InChI=1S/C15H21N3O3S.HI/c1-16-15(18-12-6-7-22(19,20)10-12)17-9-13-8-11-4-2-3-5-14(11)21-13;/h2-5,12-13H,6-10H2,1H3,(H2,16,17,18);1H. The third kappa shape index (κ3) is 4.72. The topological polar surface area (TPSA) is 79.8 Å². The lowest BCUT2D eigenvalue weighted by Gasteiger charge is -2.18. The van der Waals surface area contributed by atoms with E-state index in [0.29, 0.717) is 18.9 Å². The van der Waals surface area contributed by atoms with Crippen LogP contribution in [0.3, 0.4) is 0 Å². The smallest absolute Gasteiger partial charge is 0.191 e. The van der Waals surface area contributed by atoms with Crippen LogP contribution >= 0.6 is 24.0 Å². The van der Waals surface area contributed by atoms with Crippen LogP contribution in [-0.4, -0.2) is 51.6 Å². The summed E-state index contributed by atoms with van der Waals surface area (Å²) in [5, 5.41) is 6.39. The molecule has 2 aliphatic rings. The molecule has 1 fully saturated rings. The van der Waals surface area contributed by atoms with Crippen LogP contribution in [0.1, 0.15) is 12.0 Å². The molecule has 2 aliphatic heterocycles. The molecule has 6 nitrogen and oxygen atoms in total. The van der Waals surface area contributed by atoms with E-state index >= 15 is 0 Å². The average molecular weight is 451 g/mol. The van der Waals surface area contributed by atoms with E-state index in [9.17, 15) is 8.42 Å². The van der Waals surface area contributed by atoms with Crippen LogP contribution in [0.5, 0.6) is 5.75 Å². The molecule has 0 amide bonds. The second-order valence-electron chi connectivity index (χ2n) is 5.75. The molecule has 0 bridgehead atoms. The molecule has 128 valence electrons. The molecule has 8 heteroatoms. The molecule has 1 saturated heterocycles. The lowest BCUT2D eigenvalue weighted by molar-refractivity contribution is 0.234. The SMILES string of the molecule is CN=C(NCC1Cc2ccccc2O1)NC1CCS(=O)(=O)C1.I. The van der Waals surface area contributed by atoms with Gasteiger partial charge in [-0.2, -0.15) is 0 Å². The molecule has 0 radical (unpaired) electrons. The van der Waals surface area contributed by atoms with Crippen molar-refractivity contribution in [2.75, 3.05) is 25.1 Å². The minimum atomic E-state index is -2.89. The average Bonchev–Trinajstić information content (AvgIpc) is 3.05. The van der Waals surface area contributed by atoms with Gasteiger partial charge in [-0.05, 0) is 18.1 Å². The van der Waals surface area contributed by atoms with Crippen LogP contribution in [0, 0.1) is 0 Å². The molecule has 0 saturated carbocycles. The van der Waals surface area contributed by atoms with E-state index in [1.807, 2.05) is 18.2 Å². The van der Waals surface area contributed by atoms with Gasteiger partial charge in [-0.15, -0.1) is 24.0 Å². The summed E-state index contributed by atoms with van der Waals surface area (Å²) in [7, 11) is -1.20. The molecule has 0 aromatic heterocycles. The first kappa shape index (κ1) is 18.3. The molecule has 2 N–H and O–H groups in total. The minimum Gasteiger partial charge on any atom is -0.488 e. The quantitative estimate of drug-likeness (QED) is 0.407. The monoisotopic (exact) mass is 451 g/mol. The zero-order chi connectivity index (χ0) is 15.6. The van der Waals surface area contributed by atoms with E-state index in [1.54, 1.807) is 7.05 Å². The Kier molecular flexibility index (Phi) is 6.12. The van der Waals surface area contributed by atoms with Crippen LogP contribution in [0.2, 0.25) is 0 Å². The van der Waals surface area contributed by atoms with Gasteiger partial charge in [-0.1, -0.05) is 18.2 Å². The summed E-state index contributed by atoms with van der Waals surface area (Å²) in [5.41, 5.74) is 1.22. The molecule has 3 rings (SSSR count). The summed E-state index contributed by atoms with van der Waals surface area (Å²) >= 11 is 0. The number of fused-ring (bicyclic) bond motifs is 1. The first-order valence-corrected chi connectivity index (χ1v) is 9.30. The van der Waals surface area contributed by atoms with Gasteiger partial charge in [0.25, 0.3) is 0 Å². The minimum absolute atomic E-state index is 0. The molecular weight excluding hydrogens is 429 g/mol. The maximum atomic E-state index is 11.5. The number of benzene rings is 1. The van der Waals surface area contributed by atoms with Crippen LogP contribution < -0.4 is 15.4 Å². The van der Waals surface area contributed by atoms with Gasteiger partial charge in [0, 0.05) is 19.5 Å². The lowest BCUT2D eigenvalue weighted by atomic mass is 10.1. The number of nitrogens with zero attached hydrogens (tertiary/aromatic N) is 1. The largest absolute Gasteiger partial charge is 0.488 e. The summed E-state index contributed by atoms with van der Waals surface area (Å²) in [6.45, 7) is 0.633. The number of nitrogens with one attached hydrogen (secondary N) is 2. The first-order valence-electron chi connectivity index (χ1n) is 7.48. The Morgan fingerprint density at radius 3 is 2.83 bits per heavy atom. The molecule has 23 heavy (non-hydrogen) atoms. The van der Waals surface area contributed by atoms with Crippen molar-refractivity contribution in [3.05, 3.63) is 29.8 Å². The van der Waals surface area contributed by atoms with Crippen molar-refractivity contribution in [1.82, 2.24) is 10.6 Å². The van der Waals surface area contributed by atoms with Crippen molar-refractivity contribution < 1.29 is 13.2 Å². The van der Waals surface area contributed by atoms with Crippen LogP contribution in [0.25, 0.3) is 0 Å². The van der Waals surface area contributed by atoms with Gasteiger partial charge in [-0.3, -0.25) is 4.99 Å². The number of rotatable bonds is 3. The Hall–Kier alpha value is -1.03. The Labute approximate surface area is 154 Å². The maximum Gasteiger partial charge on any atom is 0.191 e. The summed E-state index contributed by atoms with van der Waals surface area (Å²) < 4.78 is 28.8. The Morgan fingerprint density at radius 2 is 2.17 bits per heavy atom. The normalized spacial score (nSPS) is 25.2. The number of hydrogen-bond donors (Lipinski definition) is 2. The zero-order valence-corrected chi connectivity index (χ0v) is 16.1. The van der Waals surface area contributed by atoms with Gasteiger partial charge in [0.05, 0.1) is 18.1 Å². The highest BCUT2D eigenvalue weighted by Gasteiger charge is 2.29. The molecule has 1 aromatic carbocycles. The first-order chi connectivity index (χ1) is 10.6. The zero-order valence-electron chi connectivity index (χ0n) is 13.0. The number of para-hydroxylation sites is 1. The summed E-state index contributed by atoms with van der Waals surface area (Å²) in [4.78, 5) is 4.15. The van der Waals surface area contributed by atoms with E-state index in [2.05, 4.69) is 21.7 Å². The number of guanidine groups is 1. The van der Waals surface area contributed by atoms with Crippen molar-refractivity contribution in [1.29, 1.82) is 0 Å². The summed E-state index contributed by atoms with van der Waals surface area (Å²) in [6, 6.07) is 7.98. The number of halogens is 1. The number of ether oxygens (including phenoxy) is 1. The fourth-order valence-electron chi connectivity index (χ4n) is 2.88. The Balaban J connectivity index is 0.00000192. The maximum absolute atomic E-state index is 11.5. The third-order valence-corrected chi connectivity index (χ3v) is 5.78. The molecule has 2 atom stereocenters. The van der Waals surface area contributed by atoms with Crippen molar-refractivity contribution in [2.45, 2.75) is 25.0 Å².